The lowest BCUT2D eigenvalue weighted by Crippen LogP contribution is -2.19. The molecule has 1 saturated heterocycles. The maximum absolute atomic E-state index is 6.12. The van der Waals surface area contributed by atoms with Crippen LogP contribution in [0.3, 0.4) is 0 Å². The molecule has 0 bridgehead atoms. The van der Waals surface area contributed by atoms with Crippen LogP contribution in [0, 0.1) is 5.92 Å². The number of thioether (sulfide) groups is 1. The summed E-state index contributed by atoms with van der Waals surface area (Å²) in [7, 11) is 0. The second kappa shape index (κ2) is 7.03. The third-order valence-corrected chi connectivity index (χ3v) is 5.70. The molecule has 24 heavy (non-hydrogen) atoms. The van der Waals surface area contributed by atoms with Crippen molar-refractivity contribution in [1.29, 1.82) is 0 Å². The van der Waals surface area contributed by atoms with Gasteiger partial charge in [0.25, 0.3) is 0 Å². The van der Waals surface area contributed by atoms with E-state index in [4.69, 9.17) is 16.6 Å². The minimum Gasteiger partial charge on any atom is -0.370 e. The molecule has 2 aromatic heterocycles. The molecule has 3 aromatic rings. The molecule has 0 amide bonds. The Bertz CT molecular complexity index is 842. The van der Waals surface area contributed by atoms with E-state index in [0.29, 0.717) is 0 Å². The van der Waals surface area contributed by atoms with Crippen LogP contribution >= 0.6 is 23.4 Å². The van der Waals surface area contributed by atoms with Crippen LogP contribution in [0.25, 0.3) is 16.8 Å². The lowest BCUT2D eigenvalue weighted by Gasteiger charge is -2.21. The van der Waals surface area contributed by atoms with Gasteiger partial charge in [-0.2, -0.15) is 16.9 Å². The van der Waals surface area contributed by atoms with E-state index in [-0.39, 0.29) is 0 Å². The first-order valence-electron chi connectivity index (χ1n) is 8.21. The normalized spacial score (nSPS) is 15.7. The predicted molar refractivity (Wildman–Crippen MR) is 102 cm³/mol. The summed E-state index contributed by atoms with van der Waals surface area (Å²) in [4.78, 5) is 4.77. The summed E-state index contributed by atoms with van der Waals surface area (Å²) in [6.45, 7) is 0.990. The van der Waals surface area contributed by atoms with E-state index in [1.165, 1.54) is 24.3 Å². The lowest BCUT2D eigenvalue weighted by molar-refractivity contribution is 0.515. The van der Waals surface area contributed by atoms with Crippen LogP contribution in [0.5, 0.6) is 0 Å². The summed E-state index contributed by atoms with van der Waals surface area (Å²) in [6, 6.07) is 9.79. The summed E-state index contributed by atoms with van der Waals surface area (Å²) in [5.41, 5.74) is 2.88. The molecule has 0 atom stereocenters. The minimum absolute atomic E-state index is 0.719. The smallest absolute Gasteiger partial charge is 0.165 e. The highest BCUT2D eigenvalue weighted by Gasteiger charge is 2.14. The lowest BCUT2D eigenvalue weighted by atomic mass is 10.0. The van der Waals surface area contributed by atoms with Crippen molar-refractivity contribution >= 4 is 34.8 Å². The zero-order chi connectivity index (χ0) is 16.4. The first-order chi connectivity index (χ1) is 11.8. The monoisotopic (exact) mass is 358 g/mol. The Morgan fingerprint density at radius 1 is 1.25 bits per heavy atom. The summed E-state index contributed by atoms with van der Waals surface area (Å²) in [5.74, 6) is 4.21. The van der Waals surface area contributed by atoms with Crippen LogP contribution in [0.2, 0.25) is 5.02 Å². The van der Waals surface area contributed by atoms with Crippen molar-refractivity contribution in [3.63, 3.8) is 0 Å². The molecule has 3 heterocycles. The molecule has 1 aromatic carbocycles. The minimum atomic E-state index is 0.719. The van der Waals surface area contributed by atoms with Crippen LogP contribution < -0.4 is 5.32 Å². The molecular weight excluding hydrogens is 340 g/mol. The number of fused-ring (bicyclic) bond motifs is 1. The molecule has 1 fully saturated rings. The van der Waals surface area contributed by atoms with Crippen LogP contribution in [0.4, 0.5) is 5.82 Å². The molecule has 4 rings (SSSR count). The van der Waals surface area contributed by atoms with Gasteiger partial charge in [0, 0.05) is 23.3 Å². The standard InChI is InChI=1S/C18H19ClN4S/c19-15-3-1-2-14(10-15)16-12-21-23-7-4-17(22-18(16)23)20-11-13-5-8-24-9-6-13/h1-4,7,10,12-13H,5-6,8-9,11H2,(H,20,22). The fourth-order valence-electron chi connectivity index (χ4n) is 3.03. The first kappa shape index (κ1) is 15.8. The van der Waals surface area contributed by atoms with Gasteiger partial charge in [-0.15, -0.1) is 0 Å². The second-order valence-corrected chi connectivity index (χ2v) is 7.75. The Hall–Kier alpha value is -1.72. The van der Waals surface area contributed by atoms with Gasteiger partial charge in [-0.3, -0.25) is 0 Å². The fraction of sp³-hybridized carbons (Fsp3) is 0.333. The van der Waals surface area contributed by atoms with Gasteiger partial charge in [-0.25, -0.2) is 9.50 Å². The molecule has 0 radical (unpaired) electrons. The molecular formula is C18H19ClN4S. The SMILES string of the molecule is Clc1cccc(-c2cnn3ccc(NCC4CCSCC4)nc23)c1. The molecule has 124 valence electrons. The molecule has 0 spiro atoms. The quantitative estimate of drug-likeness (QED) is 0.739. The summed E-state index contributed by atoms with van der Waals surface area (Å²) in [6.07, 6.45) is 6.38. The van der Waals surface area contributed by atoms with Crippen molar-refractivity contribution in [2.45, 2.75) is 12.8 Å². The average molecular weight is 359 g/mol. The van der Waals surface area contributed by atoms with E-state index in [1.54, 1.807) is 4.52 Å². The number of nitrogens with one attached hydrogen (secondary N) is 1. The highest BCUT2D eigenvalue weighted by Crippen LogP contribution is 2.27. The van der Waals surface area contributed by atoms with Gasteiger partial charge in [0.1, 0.15) is 5.82 Å². The molecule has 0 saturated carbocycles. The molecule has 0 aliphatic carbocycles. The van der Waals surface area contributed by atoms with Gasteiger partial charge >= 0.3 is 0 Å². The average Bonchev–Trinajstić information content (AvgIpc) is 3.04. The van der Waals surface area contributed by atoms with Crippen molar-refractivity contribution in [2.24, 2.45) is 5.92 Å². The van der Waals surface area contributed by atoms with Crippen molar-refractivity contribution in [3.8, 4) is 11.1 Å². The maximum atomic E-state index is 6.12. The number of nitrogens with zero attached hydrogens (tertiary/aromatic N) is 3. The van der Waals surface area contributed by atoms with Crippen molar-refractivity contribution in [3.05, 3.63) is 47.7 Å². The number of hydrogen-bond acceptors (Lipinski definition) is 4. The van der Waals surface area contributed by atoms with E-state index in [2.05, 4.69) is 22.2 Å². The molecule has 4 nitrogen and oxygen atoms in total. The van der Waals surface area contributed by atoms with Crippen LogP contribution in [-0.4, -0.2) is 32.6 Å². The second-order valence-electron chi connectivity index (χ2n) is 6.09. The molecule has 0 unspecified atom stereocenters. The number of anilines is 1. The molecule has 1 aliphatic rings. The third-order valence-electron chi connectivity index (χ3n) is 4.42. The zero-order valence-electron chi connectivity index (χ0n) is 13.3. The predicted octanol–water partition coefficient (Wildman–Crippen LogP) is 4.60. The van der Waals surface area contributed by atoms with E-state index >= 15 is 0 Å². The molecule has 1 N–H and O–H groups in total. The van der Waals surface area contributed by atoms with Crippen LogP contribution in [0.15, 0.2) is 42.7 Å². The highest BCUT2D eigenvalue weighted by atomic mass is 35.5. The van der Waals surface area contributed by atoms with Gasteiger partial charge in [-0.1, -0.05) is 23.7 Å². The first-order valence-corrected chi connectivity index (χ1v) is 9.75. The molecule has 1 aliphatic heterocycles. The summed E-state index contributed by atoms with van der Waals surface area (Å²) < 4.78 is 1.80. The van der Waals surface area contributed by atoms with Crippen molar-refractivity contribution in [1.82, 2.24) is 14.6 Å². The van der Waals surface area contributed by atoms with E-state index in [0.717, 1.165) is 40.1 Å². The summed E-state index contributed by atoms with van der Waals surface area (Å²) in [5, 5.41) is 8.61. The van der Waals surface area contributed by atoms with Crippen molar-refractivity contribution in [2.75, 3.05) is 23.4 Å². The highest BCUT2D eigenvalue weighted by molar-refractivity contribution is 7.99. The largest absolute Gasteiger partial charge is 0.370 e. The summed E-state index contributed by atoms with van der Waals surface area (Å²) >= 11 is 8.18. The van der Waals surface area contributed by atoms with E-state index in [1.807, 2.05) is 42.7 Å². The number of aromatic nitrogens is 3. The zero-order valence-corrected chi connectivity index (χ0v) is 14.9. The maximum Gasteiger partial charge on any atom is 0.165 e. The Balaban J connectivity index is 1.58. The van der Waals surface area contributed by atoms with Gasteiger partial charge in [0.2, 0.25) is 0 Å². The van der Waals surface area contributed by atoms with Crippen molar-refractivity contribution < 1.29 is 0 Å². The third kappa shape index (κ3) is 3.37. The Morgan fingerprint density at radius 2 is 2.12 bits per heavy atom. The Labute approximate surface area is 150 Å². The van der Waals surface area contributed by atoms with E-state index < -0.39 is 0 Å². The number of rotatable bonds is 4. The Morgan fingerprint density at radius 3 is 2.96 bits per heavy atom. The van der Waals surface area contributed by atoms with Gasteiger partial charge in [-0.05, 0) is 54.0 Å². The van der Waals surface area contributed by atoms with Crippen LogP contribution in [0.1, 0.15) is 12.8 Å². The molecule has 6 heteroatoms. The van der Waals surface area contributed by atoms with Gasteiger partial charge in [0.15, 0.2) is 5.65 Å². The number of hydrogen-bond donors (Lipinski definition) is 1. The Kier molecular flexibility index (Phi) is 4.63. The topological polar surface area (TPSA) is 42.2 Å². The van der Waals surface area contributed by atoms with Gasteiger partial charge in [0.05, 0.1) is 6.20 Å². The van der Waals surface area contributed by atoms with Gasteiger partial charge < -0.3 is 5.32 Å². The van der Waals surface area contributed by atoms with Crippen LogP contribution in [-0.2, 0) is 0 Å². The fourth-order valence-corrected chi connectivity index (χ4v) is 4.42. The number of benzene rings is 1. The number of halogens is 1. The van der Waals surface area contributed by atoms with E-state index in [9.17, 15) is 0 Å².